The minimum Gasteiger partial charge on any atom is -0.209 e. The van der Waals surface area contributed by atoms with Crippen molar-refractivity contribution in [3.05, 3.63) is 34.3 Å². The van der Waals surface area contributed by atoms with Crippen LogP contribution in [0.3, 0.4) is 0 Å². The van der Waals surface area contributed by atoms with Crippen molar-refractivity contribution in [3.8, 4) is 10.6 Å². The van der Waals surface area contributed by atoms with E-state index in [1.165, 1.54) is 6.07 Å². The molecule has 1 aromatic heterocycles. The van der Waals surface area contributed by atoms with Gasteiger partial charge in [-0.3, -0.25) is 0 Å². The molecule has 0 unspecified atom stereocenters. The molecule has 0 N–H and O–H groups in total. The van der Waals surface area contributed by atoms with E-state index in [0.29, 0.717) is 6.07 Å². The number of alkyl halides is 3. The Balaban J connectivity index is 2.57. The maximum atomic E-state index is 13.7. The number of benzene rings is 1. The van der Waals surface area contributed by atoms with Gasteiger partial charge in [0.15, 0.2) is 0 Å². The topological polar surface area (TPSA) is 25.8 Å². The van der Waals surface area contributed by atoms with Gasteiger partial charge in [-0.05, 0) is 39.6 Å². The van der Waals surface area contributed by atoms with Gasteiger partial charge < -0.3 is 0 Å². The van der Waals surface area contributed by atoms with E-state index >= 15 is 0 Å². The molecule has 0 aliphatic carbocycles. The van der Waals surface area contributed by atoms with E-state index in [2.05, 4.69) is 25.3 Å². The Labute approximate surface area is 106 Å². The first kappa shape index (κ1) is 12.4. The quantitative estimate of drug-likeness (QED) is 0.736. The summed E-state index contributed by atoms with van der Waals surface area (Å²) < 4.78 is 55.0. The van der Waals surface area contributed by atoms with E-state index in [0.717, 1.165) is 17.6 Å². The fourth-order valence-corrected chi connectivity index (χ4v) is 2.33. The largest absolute Gasteiger partial charge is 0.419 e. The number of nitrogens with zero attached hydrogens (tertiary/aromatic N) is 2. The molecule has 0 fully saturated rings. The zero-order valence-electron chi connectivity index (χ0n) is 7.92. The minimum atomic E-state index is -4.72. The fourth-order valence-electron chi connectivity index (χ4n) is 1.23. The SMILES string of the molecule is Fc1c(-c2nc(Br)ns2)cccc1C(F)(F)F. The number of hydrogen-bond acceptors (Lipinski definition) is 3. The van der Waals surface area contributed by atoms with E-state index < -0.39 is 17.6 Å². The maximum absolute atomic E-state index is 13.7. The van der Waals surface area contributed by atoms with Gasteiger partial charge >= 0.3 is 6.18 Å². The zero-order valence-corrected chi connectivity index (χ0v) is 10.3. The van der Waals surface area contributed by atoms with Crippen molar-refractivity contribution in [2.75, 3.05) is 0 Å². The van der Waals surface area contributed by atoms with Crippen molar-refractivity contribution < 1.29 is 17.6 Å². The smallest absolute Gasteiger partial charge is 0.209 e. The molecule has 0 spiro atoms. The van der Waals surface area contributed by atoms with Crippen molar-refractivity contribution in [2.45, 2.75) is 6.18 Å². The van der Waals surface area contributed by atoms with Gasteiger partial charge in [-0.25, -0.2) is 9.37 Å². The molecule has 2 rings (SSSR count). The molecule has 17 heavy (non-hydrogen) atoms. The van der Waals surface area contributed by atoms with Crippen molar-refractivity contribution in [2.24, 2.45) is 0 Å². The van der Waals surface area contributed by atoms with Gasteiger partial charge in [-0.1, -0.05) is 6.07 Å². The highest BCUT2D eigenvalue weighted by Crippen LogP contribution is 2.36. The lowest BCUT2D eigenvalue weighted by Crippen LogP contribution is -2.08. The standard InChI is InChI=1S/C9H3BrF4N2S/c10-8-15-7(17-16-8)4-2-1-3-5(6(4)11)9(12,13)14/h1-3H. The van der Waals surface area contributed by atoms with Crippen LogP contribution in [-0.4, -0.2) is 9.36 Å². The fraction of sp³-hybridized carbons (Fsp3) is 0.111. The lowest BCUT2D eigenvalue weighted by atomic mass is 10.1. The van der Waals surface area contributed by atoms with Crippen molar-refractivity contribution in [1.82, 2.24) is 9.36 Å². The van der Waals surface area contributed by atoms with Gasteiger partial charge in [0.05, 0.1) is 5.56 Å². The summed E-state index contributed by atoms with van der Waals surface area (Å²) in [5, 5.41) is 0.0977. The van der Waals surface area contributed by atoms with Gasteiger partial charge in [-0.15, -0.1) is 0 Å². The summed E-state index contributed by atoms with van der Waals surface area (Å²) in [5.41, 5.74) is -1.51. The van der Waals surface area contributed by atoms with E-state index in [1.807, 2.05) is 0 Å². The molecule has 0 aliphatic heterocycles. The number of rotatable bonds is 1. The Kier molecular flexibility index (Phi) is 3.17. The molecule has 2 aromatic rings. The highest BCUT2D eigenvalue weighted by molar-refractivity contribution is 9.10. The van der Waals surface area contributed by atoms with Gasteiger partial charge in [-0.2, -0.15) is 17.5 Å². The highest BCUT2D eigenvalue weighted by atomic mass is 79.9. The molecular formula is C9H3BrF4N2S. The van der Waals surface area contributed by atoms with Crippen LogP contribution in [0.5, 0.6) is 0 Å². The average molecular weight is 327 g/mol. The summed E-state index contributed by atoms with van der Waals surface area (Å²) >= 11 is 3.78. The Morgan fingerprint density at radius 2 is 1.94 bits per heavy atom. The first-order valence-corrected chi connectivity index (χ1v) is 5.81. The highest BCUT2D eigenvalue weighted by Gasteiger charge is 2.35. The summed E-state index contributed by atoms with van der Waals surface area (Å²) in [4.78, 5) is 3.78. The Morgan fingerprint density at radius 3 is 2.47 bits per heavy atom. The summed E-state index contributed by atoms with van der Waals surface area (Å²) in [5.74, 6) is -1.33. The van der Waals surface area contributed by atoms with E-state index in [-0.39, 0.29) is 15.3 Å². The molecule has 0 bridgehead atoms. The molecule has 0 aliphatic rings. The van der Waals surface area contributed by atoms with Crippen molar-refractivity contribution >= 4 is 27.5 Å². The second-order valence-electron chi connectivity index (χ2n) is 3.03. The van der Waals surface area contributed by atoms with Crippen LogP contribution in [0.1, 0.15) is 5.56 Å². The maximum Gasteiger partial charge on any atom is 0.419 e. The van der Waals surface area contributed by atoms with Crippen LogP contribution in [0.25, 0.3) is 10.6 Å². The van der Waals surface area contributed by atoms with Gasteiger partial charge in [0.1, 0.15) is 10.8 Å². The summed E-state index contributed by atoms with van der Waals surface area (Å²) in [6, 6.07) is 3.06. The molecule has 0 saturated heterocycles. The monoisotopic (exact) mass is 326 g/mol. The van der Waals surface area contributed by atoms with Gasteiger partial charge in [0.2, 0.25) is 4.73 Å². The third-order valence-electron chi connectivity index (χ3n) is 1.94. The van der Waals surface area contributed by atoms with Crippen LogP contribution < -0.4 is 0 Å². The lowest BCUT2D eigenvalue weighted by molar-refractivity contribution is -0.139. The van der Waals surface area contributed by atoms with E-state index in [4.69, 9.17) is 0 Å². The Hall–Kier alpha value is -1.02. The first-order chi connectivity index (χ1) is 7.89. The lowest BCUT2D eigenvalue weighted by Gasteiger charge is -2.09. The average Bonchev–Trinajstić information content (AvgIpc) is 2.63. The summed E-state index contributed by atoms with van der Waals surface area (Å²) in [7, 11) is 0. The third-order valence-corrected chi connectivity index (χ3v) is 3.27. The zero-order chi connectivity index (χ0) is 12.6. The molecule has 1 aromatic carbocycles. The molecule has 0 radical (unpaired) electrons. The van der Waals surface area contributed by atoms with Crippen LogP contribution in [0.15, 0.2) is 22.9 Å². The van der Waals surface area contributed by atoms with E-state index in [1.54, 1.807) is 0 Å². The second kappa shape index (κ2) is 4.34. The van der Waals surface area contributed by atoms with E-state index in [9.17, 15) is 17.6 Å². The Bertz CT molecular complexity index is 552. The third kappa shape index (κ3) is 2.47. The van der Waals surface area contributed by atoms with Crippen molar-refractivity contribution in [1.29, 1.82) is 0 Å². The minimum absolute atomic E-state index is 0.0977. The summed E-state index contributed by atoms with van der Waals surface area (Å²) in [6.07, 6.45) is -4.72. The predicted octanol–water partition coefficient (Wildman–Crippen LogP) is 4.13. The number of hydrogen-bond donors (Lipinski definition) is 0. The van der Waals surface area contributed by atoms with Gasteiger partial charge in [0, 0.05) is 5.56 Å². The first-order valence-electron chi connectivity index (χ1n) is 4.25. The summed E-state index contributed by atoms with van der Waals surface area (Å²) in [6.45, 7) is 0. The van der Waals surface area contributed by atoms with Crippen LogP contribution >= 0.6 is 27.5 Å². The molecular weight excluding hydrogens is 324 g/mol. The van der Waals surface area contributed by atoms with Crippen LogP contribution in [0.2, 0.25) is 0 Å². The molecule has 0 saturated carbocycles. The molecule has 90 valence electrons. The molecule has 0 amide bonds. The second-order valence-corrected chi connectivity index (χ2v) is 4.49. The van der Waals surface area contributed by atoms with Crippen LogP contribution in [0.4, 0.5) is 17.6 Å². The van der Waals surface area contributed by atoms with Crippen molar-refractivity contribution in [3.63, 3.8) is 0 Å². The van der Waals surface area contributed by atoms with Crippen LogP contribution in [0, 0.1) is 5.82 Å². The van der Waals surface area contributed by atoms with Gasteiger partial charge in [0.25, 0.3) is 0 Å². The number of aromatic nitrogens is 2. The molecule has 1 heterocycles. The van der Waals surface area contributed by atoms with Crippen LogP contribution in [-0.2, 0) is 6.18 Å². The molecule has 0 atom stereocenters. The molecule has 8 heteroatoms. The Morgan fingerprint density at radius 1 is 1.24 bits per heavy atom. The molecule has 2 nitrogen and oxygen atoms in total. The normalized spacial score (nSPS) is 11.8. The number of halogens is 5. The predicted molar refractivity (Wildman–Crippen MR) is 58.0 cm³/mol.